The highest BCUT2D eigenvalue weighted by Crippen LogP contribution is 2.20. The lowest BCUT2D eigenvalue weighted by Gasteiger charge is -2.04. The SMILES string of the molecule is Cc1nc(/C=C(\C#N)C(=O)Nc2ccc(F)c(Cl)c2)cs1. The van der Waals surface area contributed by atoms with Crippen molar-refractivity contribution in [3.63, 3.8) is 0 Å². The zero-order valence-electron chi connectivity index (χ0n) is 10.9. The molecule has 1 amide bonds. The molecule has 0 saturated carbocycles. The Hall–Kier alpha value is -2.23. The van der Waals surface area contributed by atoms with Crippen molar-refractivity contribution in [3.8, 4) is 6.07 Å². The number of carbonyl (C=O) groups excluding carboxylic acids is 1. The summed E-state index contributed by atoms with van der Waals surface area (Å²) < 4.78 is 13.0. The summed E-state index contributed by atoms with van der Waals surface area (Å²) in [5, 5.41) is 14.0. The maximum atomic E-state index is 13.0. The summed E-state index contributed by atoms with van der Waals surface area (Å²) in [5.74, 6) is -1.19. The van der Waals surface area contributed by atoms with Crippen LogP contribution in [-0.2, 0) is 4.79 Å². The Morgan fingerprint density at radius 3 is 2.90 bits per heavy atom. The van der Waals surface area contributed by atoms with Gasteiger partial charge in [0, 0.05) is 11.1 Å². The standard InChI is InChI=1S/C14H9ClFN3OS/c1-8-18-11(7-21-8)4-9(6-17)14(20)19-10-2-3-13(16)12(15)5-10/h2-5,7H,1H3,(H,19,20)/b9-4+. The molecule has 1 aromatic heterocycles. The molecule has 0 unspecified atom stereocenters. The Labute approximate surface area is 129 Å². The molecule has 21 heavy (non-hydrogen) atoms. The average Bonchev–Trinajstić information content (AvgIpc) is 2.85. The maximum Gasteiger partial charge on any atom is 0.266 e. The predicted molar refractivity (Wildman–Crippen MR) is 80.5 cm³/mol. The third-order valence-corrected chi connectivity index (χ3v) is 3.55. The van der Waals surface area contributed by atoms with Gasteiger partial charge in [0.05, 0.1) is 15.7 Å². The van der Waals surface area contributed by atoms with Crippen molar-refractivity contribution in [1.82, 2.24) is 4.98 Å². The Bertz CT molecular complexity index is 764. The van der Waals surface area contributed by atoms with E-state index in [1.54, 1.807) is 5.38 Å². The van der Waals surface area contributed by atoms with Crippen LogP contribution in [-0.4, -0.2) is 10.9 Å². The zero-order chi connectivity index (χ0) is 15.4. The number of hydrogen-bond donors (Lipinski definition) is 1. The molecular weight excluding hydrogens is 313 g/mol. The fraction of sp³-hybridized carbons (Fsp3) is 0.0714. The first kappa shape index (κ1) is 15.2. The number of halogens is 2. The van der Waals surface area contributed by atoms with Crippen LogP contribution in [0.3, 0.4) is 0 Å². The lowest BCUT2D eigenvalue weighted by atomic mass is 10.2. The lowest BCUT2D eigenvalue weighted by Crippen LogP contribution is -2.13. The summed E-state index contributed by atoms with van der Waals surface area (Å²) in [4.78, 5) is 16.1. The Morgan fingerprint density at radius 2 is 2.33 bits per heavy atom. The molecule has 0 spiro atoms. The minimum atomic E-state index is -0.606. The van der Waals surface area contributed by atoms with Crippen molar-refractivity contribution in [1.29, 1.82) is 5.26 Å². The minimum Gasteiger partial charge on any atom is -0.321 e. The molecule has 4 nitrogen and oxygen atoms in total. The van der Waals surface area contributed by atoms with E-state index >= 15 is 0 Å². The van der Waals surface area contributed by atoms with Gasteiger partial charge in [-0.2, -0.15) is 5.26 Å². The molecule has 0 radical (unpaired) electrons. The maximum absolute atomic E-state index is 13.0. The van der Waals surface area contributed by atoms with Gasteiger partial charge in [0.15, 0.2) is 0 Å². The number of nitriles is 1. The molecule has 0 aliphatic rings. The summed E-state index contributed by atoms with van der Waals surface area (Å²) in [7, 11) is 0. The van der Waals surface area contributed by atoms with E-state index in [1.165, 1.54) is 29.5 Å². The van der Waals surface area contributed by atoms with E-state index in [9.17, 15) is 9.18 Å². The highest BCUT2D eigenvalue weighted by molar-refractivity contribution is 7.09. The lowest BCUT2D eigenvalue weighted by molar-refractivity contribution is -0.112. The summed E-state index contributed by atoms with van der Waals surface area (Å²) in [6.07, 6.45) is 1.39. The second kappa shape index (κ2) is 6.48. The number of hydrogen-bond acceptors (Lipinski definition) is 4. The molecule has 2 rings (SSSR count). The Balaban J connectivity index is 2.19. The van der Waals surface area contributed by atoms with Crippen LogP contribution in [0.5, 0.6) is 0 Å². The zero-order valence-corrected chi connectivity index (χ0v) is 12.4. The number of amides is 1. The fourth-order valence-electron chi connectivity index (χ4n) is 1.52. The summed E-state index contributed by atoms with van der Waals surface area (Å²) in [6.45, 7) is 1.83. The molecule has 0 aliphatic heterocycles. The first-order valence-electron chi connectivity index (χ1n) is 5.80. The number of nitrogens with zero attached hydrogens (tertiary/aromatic N) is 2. The van der Waals surface area contributed by atoms with Gasteiger partial charge in [-0.1, -0.05) is 11.6 Å². The summed E-state index contributed by atoms with van der Waals surface area (Å²) in [6, 6.07) is 5.59. The van der Waals surface area contributed by atoms with Crippen molar-refractivity contribution in [2.45, 2.75) is 6.92 Å². The van der Waals surface area contributed by atoms with Gasteiger partial charge in [-0.05, 0) is 31.2 Å². The average molecular weight is 322 g/mol. The number of anilines is 1. The van der Waals surface area contributed by atoms with Crippen molar-refractivity contribution in [2.75, 3.05) is 5.32 Å². The van der Waals surface area contributed by atoms with E-state index in [1.807, 2.05) is 13.0 Å². The Morgan fingerprint density at radius 1 is 1.57 bits per heavy atom. The predicted octanol–water partition coefficient (Wildman–Crippen LogP) is 3.79. The number of thiazole rings is 1. The van der Waals surface area contributed by atoms with Crippen LogP contribution in [0.25, 0.3) is 6.08 Å². The van der Waals surface area contributed by atoms with Gasteiger partial charge in [0.1, 0.15) is 17.5 Å². The number of rotatable bonds is 3. The molecule has 0 bridgehead atoms. The monoisotopic (exact) mass is 321 g/mol. The van der Waals surface area contributed by atoms with Crippen LogP contribution < -0.4 is 5.32 Å². The molecule has 0 saturated heterocycles. The second-order valence-corrected chi connectivity index (χ2v) is 5.51. The second-order valence-electron chi connectivity index (χ2n) is 4.04. The first-order valence-corrected chi connectivity index (χ1v) is 7.05. The number of carbonyl (C=O) groups is 1. The summed E-state index contributed by atoms with van der Waals surface area (Å²) >= 11 is 7.05. The van der Waals surface area contributed by atoms with Crippen molar-refractivity contribution < 1.29 is 9.18 Å². The van der Waals surface area contributed by atoms with Gasteiger partial charge >= 0.3 is 0 Å². The number of benzene rings is 1. The third-order valence-electron chi connectivity index (χ3n) is 2.47. The van der Waals surface area contributed by atoms with Crippen molar-refractivity contribution in [3.05, 3.63) is 50.7 Å². The van der Waals surface area contributed by atoms with E-state index in [2.05, 4.69) is 10.3 Å². The highest BCUT2D eigenvalue weighted by atomic mass is 35.5. The van der Waals surface area contributed by atoms with Gasteiger partial charge in [-0.3, -0.25) is 4.79 Å². The fourth-order valence-corrected chi connectivity index (χ4v) is 2.27. The van der Waals surface area contributed by atoms with Gasteiger partial charge < -0.3 is 5.32 Å². The van der Waals surface area contributed by atoms with Gasteiger partial charge in [-0.25, -0.2) is 9.37 Å². The largest absolute Gasteiger partial charge is 0.321 e. The van der Waals surface area contributed by atoms with Crippen LogP contribution in [0.4, 0.5) is 10.1 Å². The van der Waals surface area contributed by atoms with Crippen LogP contribution in [0, 0.1) is 24.1 Å². The number of aryl methyl sites for hydroxylation is 1. The molecule has 2 aromatic rings. The molecular formula is C14H9ClFN3OS. The van der Waals surface area contributed by atoms with E-state index < -0.39 is 11.7 Å². The Kier molecular flexibility index (Phi) is 4.68. The molecule has 0 fully saturated rings. The molecule has 0 aliphatic carbocycles. The van der Waals surface area contributed by atoms with Gasteiger partial charge in [-0.15, -0.1) is 11.3 Å². The van der Waals surface area contributed by atoms with E-state index in [-0.39, 0.29) is 10.6 Å². The molecule has 1 heterocycles. The van der Waals surface area contributed by atoms with E-state index in [0.29, 0.717) is 11.4 Å². The summed E-state index contributed by atoms with van der Waals surface area (Å²) in [5.41, 5.74) is 0.754. The van der Waals surface area contributed by atoms with Crippen molar-refractivity contribution >= 4 is 40.6 Å². The van der Waals surface area contributed by atoms with E-state index in [0.717, 1.165) is 11.1 Å². The van der Waals surface area contributed by atoms with Crippen LogP contribution in [0.2, 0.25) is 5.02 Å². The molecule has 106 valence electrons. The molecule has 7 heteroatoms. The van der Waals surface area contributed by atoms with E-state index in [4.69, 9.17) is 16.9 Å². The van der Waals surface area contributed by atoms with Crippen LogP contribution in [0.1, 0.15) is 10.7 Å². The quantitative estimate of drug-likeness (QED) is 0.691. The van der Waals surface area contributed by atoms with Gasteiger partial charge in [0.25, 0.3) is 5.91 Å². The first-order chi connectivity index (χ1) is 9.99. The molecule has 1 aromatic carbocycles. The normalized spacial score (nSPS) is 11.0. The van der Waals surface area contributed by atoms with Crippen LogP contribution in [0.15, 0.2) is 29.2 Å². The van der Waals surface area contributed by atoms with Gasteiger partial charge in [0.2, 0.25) is 0 Å². The number of nitrogens with one attached hydrogen (secondary N) is 1. The highest BCUT2D eigenvalue weighted by Gasteiger charge is 2.11. The molecule has 0 atom stereocenters. The minimum absolute atomic E-state index is 0.0965. The third kappa shape index (κ3) is 3.88. The van der Waals surface area contributed by atoms with Crippen molar-refractivity contribution in [2.24, 2.45) is 0 Å². The number of aromatic nitrogens is 1. The molecule has 1 N–H and O–H groups in total. The topological polar surface area (TPSA) is 65.8 Å². The smallest absolute Gasteiger partial charge is 0.266 e. The van der Waals surface area contributed by atoms with Crippen LogP contribution >= 0.6 is 22.9 Å².